The van der Waals surface area contributed by atoms with Crippen molar-refractivity contribution in [2.24, 2.45) is 0 Å². The zero-order valence-electron chi connectivity index (χ0n) is 15.0. The minimum absolute atomic E-state index is 0. The van der Waals surface area contributed by atoms with Gasteiger partial charge in [0.2, 0.25) is 0 Å². The first-order chi connectivity index (χ1) is 13.3. The van der Waals surface area contributed by atoms with E-state index in [1.165, 1.54) is 40.0 Å². The van der Waals surface area contributed by atoms with Gasteiger partial charge in [0.15, 0.2) is 0 Å². The van der Waals surface area contributed by atoms with Gasteiger partial charge in [0.05, 0.1) is 0 Å². The molecule has 0 bridgehead atoms. The maximum Gasteiger partial charge on any atom is 0.381 e. The molecule has 0 aliphatic heterocycles. The number of aliphatic carboxylic acids is 3. The first kappa shape index (κ1) is 27.5. The number of fused-ring (bicyclic) bond motifs is 3. The van der Waals surface area contributed by atoms with Gasteiger partial charge in [-0.3, -0.25) is 0 Å². The molecule has 3 rings (SSSR count). The average molecular weight is 423 g/mol. The molecule has 0 fully saturated rings. The Bertz CT molecular complexity index is 873. The zero-order valence-corrected chi connectivity index (χ0v) is 16.6. The van der Waals surface area contributed by atoms with Crippen LogP contribution in [0.15, 0.2) is 42.5 Å². The molecule has 0 aromatic heterocycles. The van der Waals surface area contributed by atoms with Crippen molar-refractivity contribution in [3.8, 4) is 48.2 Å². The molecule has 2 aromatic rings. The SMILES string of the molecule is C#CC(=O)O.C#CC(=O)O.C#CC(=O)O.[Ti].[c-]1cccc2c1Cc1ccccc1-2. The number of hydrogen-bond acceptors (Lipinski definition) is 3. The molecule has 0 atom stereocenters. The van der Waals surface area contributed by atoms with Gasteiger partial charge in [-0.2, -0.15) is 29.8 Å². The topological polar surface area (TPSA) is 112 Å². The van der Waals surface area contributed by atoms with E-state index in [9.17, 15) is 0 Å². The fourth-order valence-electron chi connectivity index (χ4n) is 2.00. The Morgan fingerprint density at radius 3 is 1.66 bits per heavy atom. The van der Waals surface area contributed by atoms with Gasteiger partial charge in [0.25, 0.3) is 0 Å². The summed E-state index contributed by atoms with van der Waals surface area (Å²) in [4.78, 5) is 27.4. The van der Waals surface area contributed by atoms with Crippen molar-refractivity contribution in [2.45, 2.75) is 6.42 Å². The van der Waals surface area contributed by atoms with Crippen molar-refractivity contribution < 1.29 is 51.4 Å². The molecule has 1 aliphatic carbocycles. The zero-order chi connectivity index (χ0) is 21.5. The van der Waals surface area contributed by atoms with Crippen LogP contribution in [-0.4, -0.2) is 33.2 Å². The molecule has 6 nitrogen and oxygen atoms in total. The Balaban J connectivity index is 0. The molecule has 0 saturated heterocycles. The van der Waals surface area contributed by atoms with Crippen molar-refractivity contribution in [1.29, 1.82) is 0 Å². The maximum absolute atomic E-state index is 9.13. The number of carbonyl (C=O) groups is 3. The summed E-state index contributed by atoms with van der Waals surface area (Å²) >= 11 is 0. The summed E-state index contributed by atoms with van der Waals surface area (Å²) < 4.78 is 0. The molecule has 29 heavy (non-hydrogen) atoms. The van der Waals surface area contributed by atoms with Crippen molar-refractivity contribution in [1.82, 2.24) is 0 Å². The van der Waals surface area contributed by atoms with E-state index in [1.54, 1.807) is 0 Å². The minimum atomic E-state index is -1.22. The second kappa shape index (κ2) is 15.3. The van der Waals surface area contributed by atoms with E-state index in [-0.39, 0.29) is 21.7 Å². The predicted octanol–water partition coefficient (Wildman–Crippen LogP) is 2.17. The fourth-order valence-corrected chi connectivity index (χ4v) is 2.00. The van der Waals surface area contributed by atoms with Crippen LogP contribution in [0.4, 0.5) is 0 Å². The molecular weight excluding hydrogens is 408 g/mol. The standard InChI is InChI=1S/C13H9.3C3H2O2.Ti/c1-3-7-12-10(5-1)9-11-6-2-4-8-13(11)12;3*1-2-3(4)5;/h1-5,7-8H,9H2;3*1H,(H,4,5);/q-1;;;;. The Morgan fingerprint density at radius 1 is 0.793 bits per heavy atom. The monoisotopic (exact) mass is 423 g/mol. The molecule has 0 heterocycles. The maximum atomic E-state index is 9.13. The summed E-state index contributed by atoms with van der Waals surface area (Å²) in [6.07, 6.45) is 14.0. The van der Waals surface area contributed by atoms with E-state index in [1.807, 2.05) is 6.07 Å². The third kappa shape index (κ3) is 11.5. The van der Waals surface area contributed by atoms with Crippen molar-refractivity contribution in [3.63, 3.8) is 0 Å². The second-order valence-electron chi connectivity index (χ2n) is 4.74. The summed E-state index contributed by atoms with van der Waals surface area (Å²) in [6.45, 7) is 0. The first-order valence-corrected chi connectivity index (χ1v) is 7.43. The van der Waals surface area contributed by atoms with Gasteiger partial charge in [-0.05, 0) is 6.42 Å². The van der Waals surface area contributed by atoms with Gasteiger partial charge in [0.1, 0.15) is 0 Å². The summed E-state index contributed by atoms with van der Waals surface area (Å²) in [5, 5.41) is 22.5. The molecule has 144 valence electrons. The van der Waals surface area contributed by atoms with E-state index in [0.717, 1.165) is 6.42 Å². The first-order valence-electron chi connectivity index (χ1n) is 7.43. The Labute approximate surface area is 183 Å². The van der Waals surface area contributed by atoms with Crippen LogP contribution < -0.4 is 0 Å². The third-order valence-electron chi connectivity index (χ3n) is 2.99. The number of hydrogen-bond donors (Lipinski definition) is 3. The van der Waals surface area contributed by atoms with Crippen LogP contribution in [0.3, 0.4) is 0 Å². The summed E-state index contributed by atoms with van der Waals surface area (Å²) in [5.74, 6) is 0.681. The van der Waals surface area contributed by atoms with Crippen LogP contribution in [0, 0.1) is 43.1 Å². The Hall–Kier alpha value is -3.76. The molecule has 0 amide bonds. The fraction of sp³-hybridized carbons (Fsp3) is 0.0455. The Kier molecular flexibility index (Phi) is 14.5. The van der Waals surface area contributed by atoms with Crippen LogP contribution in [0.5, 0.6) is 0 Å². The summed E-state index contributed by atoms with van der Waals surface area (Å²) in [5.41, 5.74) is 5.51. The largest absolute Gasteiger partial charge is 0.472 e. The van der Waals surface area contributed by atoms with Gasteiger partial charge >= 0.3 is 17.9 Å². The van der Waals surface area contributed by atoms with Gasteiger partial charge in [0, 0.05) is 39.5 Å². The third-order valence-corrected chi connectivity index (χ3v) is 2.99. The average Bonchev–Trinajstić information content (AvgIpc) is 3.08. The quantitative estimate of drug-likeness (QED) is 0.290. The van der Waals surface area contributed by atoms with Gasteiger partial charge in [-0.25, -0.2) is 14.4 Å². The van der Waals surface area contributed by atoms with E-state index >= 15 is 0 Å². The molecular formula is C22H15O6Ti-. The summed E-state index contributed by atoms with van der Waals surface area (Å²) in [6, 6.07) is 18.1. The molecule has 3 N–H and O–H groups in total. The molecule has 2 aromatic carbocycles. The number of terminal acetylenes is 3. The van der Waals surface area contributed by atoms with Crippen LogP contribution in [0.1, 0.15) is 11.1 Å². The molecule has 0 unspecified atom stereocenters. The van der Waals surface area contributed by atoms with E-state index < -0.39 is 17.9 Å². The molecule has 1 aliphatic rings. The van der Waals surface area contributed by atoms with Crippen molar-refractivity contribution in [2.75, 3.05) is 0 Å². The minimum Gasteiger partial charge on any atom is -0.472 e. The molecule has 0 spiro atoms. The second-order valence-corrected chi connectivity index (χ2v) is 4.74. The van der Waals surface area contributed by atoms with Crippen LogP contribution in [0.25, 0.3) is 11.1 Å². The van der Waals surface area contributed by atoms with Gasteiger partial charge in [-0.15, -0.1) is 24.8 Å². The van der Waals surface area contributed by atoms with Crippen molar-refractivity contribution >= 4 is 17.9 Å². The number of benzene rings is 2. The number of rotatable bonds is 0. The molecule has 7 heteroatoms. The van der Waals surface area contributed by atoms with E-state index in [0.29, 0.717) is 0 Å². The predicted molar refractivity (Wildman–Crippen MR) is 103 cm³/mol. The smallest absolute Gasteiger partial charge is 0.381 e. The van der Waals surface area contributed by atoms with Crippen molar-refractivity contribution in [3.05, 3.63) is 59.7 Å². The number of carboxylic acids is 3. The molecule has 0 saturated carbocycles. The van der Waals surface area contributed by atoms with E-state index in [2.05, 4.69) is 61.7 Å². The number of carboxylic acid groups (broad SMARTS) is 3. The summed E-state index contributed by atoms with van der Waals surface area (Å²) in [7, 11) is 0. The van der Waals surface area contributed by atoms with Gasteiger partial charge in [-0.1, -0.05) is 35.4 Å². The van der Waals surface area contributed by atoms with Crippen LogP contribution in [0.2, 0.25) is 0 Å². The molecule has 0 radical (unpaired) electrons. The normalized spacial score (nSPS) is 8.31. The van der Waals surface area contributed by atoms with Gasteiger partial charge < -0.3 is 15.3 Å². The Morgan fingerprint density at radius 2 is 1.21 bits per heavy atom. The van der Waals surface area contributed by atoms with E-state index in [4.69, 9.17) is 29.7 Å². The van der Waals surface area contributed by atoms with Crippen LogP contribution >= 0.6 is 0 Å². The van der Waals surface area contributed by atoms with Crippen LogP contribution in [-0.2, 0) is 42.5 Å².